The molecule has 8 heteroatoms. The second-order valence-corrected chi connectivity index (χ2v) is 8.62. The highest BCUT2D eigenvalue weighted by molar-refractivity contribution is 7.15. The van der Waals surface area contributed by atoms with Crippen LogP contribution in [-0.2, 0) is 11.2 Å². The van der Waals surface area contributed by atoms with E-state index >= 15 is 0 Å². The van der Waals surface area contributed by atoms with Crippen molar-refractivity contribution in [2.45, 2.75) is 25.3 Å². The number of nitrogens with zero attached hydrogens (tertiary/aromatic N) is 4. The number of carbonyl (C=O) groups is 1. The van der Waals surface area contributed by atoms with E-state index in [1.165, 1.54) is 0 Å². The maximum absolute atomic E-state index is 12.9. The van der Waals surface area contributed by atoms with E-state index in [0.29, 0.717) is 12.5 Å². The monoisotopic (exact) mass is 428 g/mol. The molecule has 1 fully saturated rings. The zero-order chi connectivity index (χ0) is 21.3. The zero-order valence-electron chi connectivity index (χ0n) is 17.9. The number of amides is 1. The van der Waals surface area contributed by atoms with Gasteiger partial charge < -0.3 is 19.3 Å². The van der Waals surface area contributed by atoms with Gasteiger partial charge in [-0.05, 0) is 51.2 Å². The molecule has 7 nitrogen and oxygen atoms in total. The van der Waals surface area contributed by atoms with Gasteiger partial charge in [0, 0.05) is 35.9 Å². The van der Waals surface area contributed by atoms with Gasteiger partial charge in [-0.1, -0.05) is 0 Å². The lowest BCUT2D eigenvalue weighted by atomic mass is 10.0. The zero-order valence-corrected chi connectivity index (χ0v) is 18.7. The van der Waals surface area contributed by atoms with E-state index in [-0.39, 0.29) is 5.91 Å². The van der Waals surface area contributed by atoms with E-state index in [0.717, 1.165) is 59.3 Å². The van der Waals surface area contributed by atoms with Crippen LogP contribution >= 0.6 is 11.3 Å². The maximum atomic E-state index is 12.9. The van der Waals surface area contributed by atoms with Crippen molar-refractivity contribution in [1.82, 2.24) is 19.2 Å². The lowest BCUT2D eigenvalue weighted by molar-refractivity contribution is -0.132. The van der Waals surface area contributed by atoms with Gasteiger partial charge in [0.1, 0.15) is 11.5 Å². The smallest absolute Gasteiger partial charge is 0.228 e. The van der Waals surface area contributed by atoms with Gasteiger partial charge in [-0.25, -0.2) is 4.98 Å². The van der Waals surface area contributed by atoms with Crippen LogP contribution in [0.1, 0.15) is 18.5 Å². The minimum absolute atomic E-state index is 0.151. The number of piperidine rings is 1. The molecule has 1 aliphatic heterocycles. The first-order chi connectivity index (χ1) is 14.5. The number of fused-ring (bicyclic) bond motifs is 1. The highest BCUT2D eigenvalue weighted by Gasteiger charge is 2.25. The van der Waals surface area contributed by atoms with Crippen molar-refractivity contribution in [2.24, 2.45) is 0 Å². The van der Waals surface area contributed by atoms with E-state index in [4.69, 9.17) is 14.5 Å². The van der Waals surface area contributed by atoms with Crippen LogP contribution in [0, 0.1) is 0 Å². The van der Waals surface area contributed by atoms with E-state index in [1.807, 2.05) is 46.1 Å². The number of aromatic nitrogens is 2. The Kier molecular flexibility index (Phi) is 5.97. The molecule has 0 atom stereocenters. The molecule has 0 radical (unpaired) electrons. The van der Waals surface area contributed by atoms with Crippen LogP contribution in [0.15, 0.2) is 29.8 Å². The molecule has 0 aliphatic carbocycles. The van der Waals surface area contributed by atoms with Crippen molar-refractivity contribution in [2.75, 3.05) is 41.4 Å². The van der Waals surface area contributed by atoms with Gasteiger partial charge in [-0.15, -0.1) is 11.3 Å². The molecule has 0 saturated carbocycles. The number of rotatable bonds is 6. The molecule has 0 bridgehead atoms. The standard InChI is InChI=1S/C22H28N4O3S/c1-24-9-7-15(8-10-24)25(2)21(27)11-16-14-30-22-23-19(13-26(16)22)18-12-17(28-3)5-6-20(18)29-4/h5-6,12-15H,7-11H2,1-4H3. The molecule has 1 aliphatic rings. The van der Waals surface area contributed by atoms with Crippen LogP contribution in [0.25, 0.3) is 16.2 Å². The minimum atomic E-state index is 0.151. The molecule has 1 saturated heterocycles. The van der Waals surface area contributed by atoms with Gasteiger partial charge in [-0.3, -0.25) is 9.20 Å². The summed E-state index contributed by atoms with van der Waals surface area (Å²) in [6.45, 7) is 2.08. The summed E-state index contributed by atoms with van der Waals surface area (Å²) in [4.78, 5) is 22.8. The topological polar surface area (TPSA) is 59.3 Å². The number of benzene rings is 1. The fraction of sp³-hybridized carbons (Fsp3) is 0.455. The fourth-order valence-electron chi connectivity index (χ4n) is 3.97. The Hall–Kier alpha value is -2.58. The highest BCUT2D eigenvalue weighted by Crippen LogP contribution is 2.34. The number of thiazole rings is 1. The summed E-state index contributed by atoms with van der Waals surface area (Å²) in [5.74, 6) is 1.64. The van der Waals surface area contributed by atoms with Crippen LogP contribution in [0.4, 0.5) is 0 Å². The molecule has 0 unspecified atom stereocenters. The average molecular weight is 429 g/mol. The summed E-state index contributed by atoms with van der Waals surface area (Å²) in [5.41, 5.74) is 2.63. The van der Waals surface area contributed by atoms with E-state index in [9.17, 15) is 4.79 Å². The van der Waals surface area contributed by atoms with Crippen molar-refractivity contribution < 1.29 is 14.3 Å². The summed E-state index contributed by atoms with van der Waals surface area (Å²) in [6, 6.07) is 5.98. The number of carbonyl (C=O) groups excluding carboxylic acids is 1. The Morgan fingerprint density at radius 1 is 1.27 bits per heavy atom. The van der Waals surface area contributed by atoms with Crippen molar-refractivity contribution in [3.63, 3.8) is 0 Å². The molecule has 4 rings (SSSR count). The lowest BCUT2D eigenvalue weighted by Crippen LogP contribution is -2.45. The molecule has 1 amide bonds. The molecule has 3 heterocycles. The molecule has 160 valence electrons. The Morgan fingerprint density at radius 2 is 2.03 bits per heavy atom. The summed E-state index contributed by atoms with van der Waals surface area (Å²) < 4.78 is 12.9. The number of likely N-dealkylation sites (tertiary alicyclic amines) is 1. The Morgan fingerprint density at radius 3 is 2.73 bits per heavy atom. The number of methoxy groups -OCH3 is 2. The Balaban J connectivity index is 1.56. The van der Waals surface area contributed by atoms with Crippen LogP contribution in [0.2, 0.25) is 0 Å². The number of hydrogen-bond donors (Lipinski definition) is 0. The fourth-order valence-corrected chi connectivity index (χ4v) is 4.84. The predicted octanol–water partition coefficient (Wildman–Crippen LogP) is 3.18. The summed E-state index contributed by atoms with van der Waals surface area (Å²) in [7, 11) is 7.35. The third kappa shape index (κ3) is 4.02. The van der Waals surface area contributed by atoms with Crippen molar-refractivity contribution in [3.05, 3.63) is 35.5 Å². The Bertz CT molecular complexity index is 1040. The molecular formula is C22H28N4O3S. The quantitative estimate of drug-likeness (QED) is 0.604. The normalized spacial score (nSPS) is 15.5. The minimum Gasteiger partial charge on any atom is -0.497 e. The first-order valence-corrected chi connectivity index (χ1v) is 11.0. The second-order valence-electron chi connectivity index (χ2n) is 7.79. The molecule has 2 aromatic heterocycles. The Labute approximate surface area is 180 Å². The van der Waals surface area contributed by atoms with Crippen LogP contribution in [0.3, 0.4) is 0 Å². The van der Waals surface area contributed by atoms with Gasteiger partial charge in [0.25, 0.3) is 0 Å². The third-order valence-electron chi connectivity index (χ3n) is 5.93. The lowest BCUT2D eigenvalue weighted by Gasteiger charge is -2.35. The number of hydrogen-bond acceptors (Lipinski definition) is 6. The first-order valence-electron chi connectivity index (χ1n) is 10.1. The molecule has 1 aromatic carbocycles. The summed E-state index contributed by atoms with van der Waals surface area (Å²) in [6.07, 6.45) is 4.40. The number of ether oxygens (including phenoxy) is 2. The maximum Gasteiger partial charge on any atom is 0.228 e. The van der Waals surface area contributed by atoms with Crippen molar-refractivity contribution in [1.29, 1.82) is 0 Å². The van der Waals surface area contributed by atoms with E-state index < -0.39 is 0 Å². The van der Waals surface area contributed by atoms with Gasteiger partial charge in [0.15, 0.2) is 4.96 Å². The van der Waals surface area contributed by atoms with Crippen molar-refractivity contribution in [3.8, 4) is 22.8 Å². The van der Waals surface area contributed by atoms with Gasteiger partial charge in [0.2, 0.25) is 5.91 Å². The molecule has 3 aromatic rings. The van der Waals surface area contributed by atoms with Gasteiger partial charge in [0.05, 0.1) is 26.3 Å². The predicted molar refractivity (Wildman–Crippen MR) is 119 cm³/mol. The summed E-state index contributed by atoms with van der Waals surface area (Å²) in [5, 5.41) is 2.02. The highest BCUT2D eigenvalue weighted by atomic mass is 32.1. The molecule has 0 spiro atoms. The van der Waals surface area contributed by atoms with Gasteiger partial charge in [-0.2, -0.15) is 0 Å². The van der Waals surface area contributed by atoms with Gasteiger partial charge >= 0.3 is 0 Å². The SMILES string of the molecule is COc1ccc(OC)c(-c2cn3c(CC(=O)N(C)C4CCN(C)CC4)csc3n2)c1. The summed E-state index contributed by atoms with van der Waals surface area (Å²) >= 11 is 1.54. The first kappa shape index (κ1) is 20.7. The van der Waals surface area contributed by atoms with E-state index in [1.54, 1.807) is 25.6 Å². The average Bonchev–Trinajstić information content (AvgIpc) is 3.35. The van der Waals surface area contributed by atoms with E-state index in [2.05, 4.69) is 11.9 Å². The number of likely N-dealkylation sites (N-methyl/N-ethyl adjacent to an activating group) is 1. The number of imidazole rings is 1. The second kappa shape index (κ2) is 8.65. The van der Waals surface area contributed by atoms with Crippen LogP contribution < -0.4 is 9.47 Å². The largest absolute Gasteiger partial charge is 0.497 e. The molecule has 30 heavy (non-hydrogen) atoms. The van der Waals surface area contributed by atoms with Crippen LogP contribution in [-0.4, -0.2) is 72.5 Å². The third-order valence-corrected chi connectivity index (χ3v) is 6.82. The molecular weight excluding hydrogens is 400 g/mol. The van der Waals surface area contributed by atoms with Crippen LogP contribution in [0.5, 0.6) is 11.5 Å². The van der Waals surface area contributed by atoms with Crippen molar-refractivity contribution >= 4 is 22.2 Å². The molecule has 0 N–H and O–H groups in total.